The minimum Gasteiger partial charge on any atom is -0.352 e. The van der Waals surface area contributed by atoms with Crippen molar-refractivity contribution >= 4 is 17.4 Å². The Morgan fingerprint density at radius 1 is 1.17 bits per heavy atom. The van der Waals surface area contributed by atoms with Gasteiger partial charge in [-0.05, 0) is 19.1 Å². The maximum atomic E-state index is 5.75. The summed E-state index contributed by atoms with van der Waals surface area (Å²) in [5.74, 6) is 1.17. The van der Waals surface area contributed by atoms with Crippen LogP contribution in [0.15, 0.2) is 30.6 Å². The number of halogens is 1. The highest BCUT2D eigenvalue weighted by atomic mass is 35.5. The van der Waals surface area contributed by atoms with Crippen LogP contribution in [0.2, 0.25) is 0 Å². The fourth-order valence-electron chi connectivity index (χ4n) is 1.65. The zero-order valence-electron chi connectivity index (χ0n) is 10.5. The molecule has 0 aliphatic heterocycles. The number of hydrogen-bond donors (Lipinski definition) is 0. The van der Waals surface area contributed by atoms with E-state index in [9.17, 15) is 0 Å². The number of alkyl halides is 1. The van der Waals surface area contributed by atoms with Crippen LogP contribution < -0.4 is 4.90 Å². The van der Waals surface area contributed by atoms with Gasteiger partial charge in [0.15, 0.2) is 0 Å². The average molecular weight is 263 g/mol. The predicted octanol–water partition coefficient (Wildman–Crippen LogP) is 2.56. The van der Waals surface area contributed by atoms with Crippen molar-refractivity contribution < 1.29 is 0 Å². The third kappa shape index (κ3) is 3.17. The molecule has 0 fully saturated rings. The molecule has 0 atom stereocenters. The molecule has 0 amide bonds. The molecule has 2 heterocycles. The highest BCUT2D eigenvalue weighted by Gasteiger charge is 2.06. The smallest absolute Gasteiger partial charge is 0.147 e. The van der Waals surface area contributed by atoms with E-state index in [1.807, 2.05) is 37.1 Å². The van der Waals surface area contributed by atoms with Gasteiger partial charge in [-0.1, -0.05) is 6.07 Å². The van der Waals surface area contributed by atoms with Crippen molar-refractivity contribution in [1.29, 1.82) is 0 Å². The van der Waals surface area contributed by atoms with Crippen molar-refractivity contribution in [3.63, 3.8) is 0 Å². The Kier molecular flexibility index (Phi) is 4.10. The molecule has 0 radical (unpaired) electrons. The Bertz CT molecular complexity index is 530. The van der Waals surface area contributed by atoms with Crippen LogP contribution in [-0.2, 0) is 12.4 Å². The van der Waals surface area contributed by atoms with E-state index in [2.05, 4.69) is 15.0 Å². The van der Waals surface area contributed by atoms with Crippen LogP contribution in [0.25, 0.3) is 0 Å². The molecular weight excluding hydrogens is 248 g/mol. The zero-order chi connectivity index (χ0) is 13.0. The molecule has 0 unspecified atom stereocenters. The van der Waals surface area contributed by atoms with Crippen LogP contribution in [0.3, 0.4) is 0 Å². The van der Waals surface area contributed by atoms with Crippen LogP contribution in [-0.4, -0.2) is 22.0 Å². The molecule has 0 bridgehead atoms. The Hall–Kier alpha value is -1.68. The number of nitrogens with zero attached hydrogens (tertiary/aromatic N) is 4. The molecule has 0 saturated heterocycles. The quantitative estimate of drug-likeness (QED) is 0.794. The lowest BCUT2D eigenvalue weighted by atomic mass is 10.3. The normalized spacial score (nSPS) is 10.4. The topological polar surface area (TPSA) is 41.9 Å². The summed E-state index contributed by atoms with van der Waals surface area (Å²) in [6.45, 7) is 2.68. The second-order valence-electron chi connectivity index (χ2n) is 4.13. The van der Waals surface area contributed by atoms with E-state index in [0.717, 1.165) is 22.9 Å². The Labute approximate surface area is 112 Å². The molecule has 0 aromatic carbocycles. The van der Waals surface area contributed by atoms with E-state index in [0.29, 0.717) is 12.4 Å². The monoisotopic (exact) mass is 262 g/mol. The minimum absolute atomic E-state index is 0.372. The lowest BCUT2D eigenvalue weighted by Gasteiger charge is -2.17. The van der Waals surface area contributed by atoms with Crippen molar-refractivity contribution in [2.45, 2.75) is 19.3 Å². The Morgan fingerprint density at radius 2 is 2.00 bits per heavy atom. The van der Waals surface area contributed by atoms with Gasteiger partial charge in [0.25, 0.3) is 0 Å². The van der Waals surface area contributed by atoms with E-state index >= 15 is 0 Å². The predicted molar refractivity (Wildman–Crippen MR) is 72.7 cm³/mol. The van der Waals surface area contributed by atoms with Crippen LogP contribution in [0.1, 0.15) is 17.1 Å². The Morgan fingerprint density at radius 3 is 2.72 bits per heavy atom. The molecule has 0 aliphatic carbocycles. The first kappa shape index (κ1) is 12.8. The number of aryl methyl sites for hydroxylation is 1. The van der Waals surface area contributed by atoms with Gasteiger partial charge in [0, 0.05) is 18.9 Å². The number of aromatic nitrogens is 3. The minimum atomic E-state index is 0.372. The summed E-state index contributed by atoms with van der Waals surface area (Å²) < 4.78 is 0. The first-order valence-electron chi connectivity index (χ1n) is 5.69. The number of anilines is 1. The largest absolute Gasteiger partial charge is 0.352 e. The number of hydrogen-bond acceptors (Lipinski definition) is 4. The third-order valence-electron chi connectivity index (χ3n) is 2.54. The van der Waals surface area contributed by atoms with Crippen LogP contribution in [0, 0.1) is 6.92 Å². The number of rotatable bonds is 4. The van der Waals surface area contributed by atoms with Gasteiger partial charge >= 0.3 is 0 Å². The van der Waals surface area contributed by atoms with Gasteiger partial charge in [-0.15, -0.1) is 11.6 Å². The molecule has 2 aromatic rings. The van der Waals surface area contributed by atoms with Crippen LogP contribution >= 0.6 is 11.6 Å². The van der Waals surface area contributed by atoms with E-state index in [1.54, 1.807) is 12.4 Å². The SMILES string of the molecule is Cc1cccc(CN(C)c2cncc(CCl)n2)n1. The average Bonchev–Trinajstić information content (AvgIpc) is 2.39. The lowest BCUT2D eigenvalue weighted by Crippen LogP contribution is -2.19. The standard InChI is InChI=1S/C13H15ClN4/c1-10-4-3-5-11(16-10)9-18(2)13-8-15-7-12(6-14)17-13/h3-5,7-8H,6,9H2,1-2H3. The fourth-order valence-corrected chi connectivity index (χ4v) is 1.78. The first-order valence-corrected chi connectivity index (χ1v) is 6.23. The fraction of sp³-hybridized carbons (Fsp3) is 0.308. The molecule has 0 N–H and O–H groups in total. The summed E-state index contributed by atoms with van der Waals surface area (Å²) in [6, 6.07) is 5.99. The van der Waals surface area contributed by atoms with Crippen LogP contribution in [0.5, 0.6) is 0 Å². The second kappa shape index (κ2) is 5.78. The van der Waals surface area contributed by atoms with Gasteiger partial charge in [-0.25, -0.2) is 4.98 Å². The van der Waals surface area contributed by atoms with E-state index in [-0.39, 0.29) is 0 Å². The molecule has 4 nitrogen and oxygen atoms in total. The van der Waals surface area contributed by atoms with E-state index in [4.69, 9.17) is 11.6 Å². The molecular formula is C13H15ClN4. The Balaban J connectivity index is 2.13. The molecule has 0 saturated carbocycles. The van der Waals surface area contributed by atoms with Gasteiger partial charge in [0.2, 0.25) is 0 Å². The van der Waals surface area contributed by atoms with Gasteiger partial charge in [-0.2, -0.15) is 0 Å². The van der Waals surface area contributed by atoms with Crippen molar-refractivity contribution in [3.05, 3.63) is 47.7 Å². The maximum absolute atomic E-state index is 5.75. The molecule has 5 heteroatoms. The highest BCUT2D eigenvalue weighted by Crippen LogP contribution is 2.12. The lowest BCUT2D eigenvalue weighted by molar-refractivity contribution is 0.848. The van der Waals surface area contributed by atoms with E-state index in [1.165, 1.54) is 0 Å². The summed E-state index contributed by atoms with van der Waals surface area (Å²) >= 11 is 5.75. The molecule has 18 heavy (non-hydrogen) atoms. The van der Waals surface area contributed by atoms with Gasteiger partial charge in [-0.3, -0.25) is 9.97 Å². The molecule has 0 spiro atoms. The molecule has 2 aromatic heterocycles. The van der Waals surface area contributed by atoms with Gasteiger partial charge in [0.05, 0.1) is 30.0 Å². The molecule has 0 aliphatic rings. The van der Waals surface area contributed by atoms with Gasteiger partial charge < -0.3 is 4.90 Å². The zero-order valence-corrected chi connectivity index (χ0v) is 11.2. The van der Waals surface area contributed by atoms with Gasteiger partial charge in [0.1, 0.15) is 5.82 Å². The summed E-state index contributed by atoms with van der Waals surface area (Å²) in [4.78, 5) is 15.0. The number of pyridine rings is 1. The summed E-state index contributed by atoms with van der Waals surface area (Å²) in [5.41, 5.74) is 2.80. The van der Waals surface area contributed by atoms with Crippen molar-refractivity contribution in [2.24, 2.45) is 0 Å². The van der Waals surface area contributed by atoms with Crippen molar-refractivity contribution in [1.82, 2.24) is 15.0 Å². The summed E-state index contributed by atoms with van der Waals surface area (Å²) in [6.07, 6.45) is 3.40. The molecule has 2 rings (SSSR count). The second-order valence-corrected chi connectivity index (χ2v) is 4.40. The van der Waals surface area contributed by atoms with Crippen molar-refractivity contribution in [2.75, 3.05) is 11.9 Å². The van der Waals surface area contributed by atoms with Crippen LogP contribution in [0.4, 0.5) is 5.82 Å². The first-order chi connectivity index (χ1) is 8.69. The third-order valence-corrected chi connectivity index (χ3v) is 2.82. The highest BCUT2D eigenvalue weighted by molar-refractivity contribution is 6.16. The summed E-state index contributed by atoms with van der Waals surface area (Å²) in [7, 11) is 1.96. The maximum Gasteiger partial charge on any atom is 0.147 e. The van der Waals surface area contributed by atoms with Crippen molar-refractivity contribution in [3.8, 4) is 0 Å². The summed E-state index contributed by atoms with van der Waals surface area (Å²) in [5, 5.41) is 0. The van der Waals surface area contributed by atoms with E-state index < -0.39 is 0 Å². The molecule has 94 valence electrons.